The Labute approximate surface area is 111 Å². The topological polar surface area (TPSA) is 29.9 Å². The molecule has 0 fully saturated rings. The molecule has 1 aromatic carbocycles. The monoisotopic (exact) mass is 267 g/mol. The lowest BCUT2D eigenvalue weighted by atomic mass is 10.2. The van der Waals surface area contributed by atoms with Gasteiger partial charge in [-0.05, 0) is 24.2 Å². The molecule has 2 rings (SSSR count). The number of aromatic nitrogens is 2. The maximum atomic E-state index is 12.9. The van der Waals surface area contributed by atoms with Gasteiger partial charge in [0.25, 0.3) is 0 Å². The minimum atomic E-state index is -0.317. The SMILES string of the molecule is CCNCc1cn(Cc2ccc(F)cc2Cl)cn1. The molecule has 0 bridgehead atoms. The van der Waals surface area contributed by atoms with E-state index >= 15 is 0 Å². The molecule has 0 atom stereocenters. The zero-order valence-electron chi connectivity index (χ0n) is 10.2. The highest BCUT2D eigenvalue weighted by atomic mass is 35.5. The molecule has 2 aromatic rings. The van der Waals surface area contributed by atoms with Crippen LogP contribution in [0.3, 0.4) is 0 Å². The Kier molecular flexibility index (Phi) is 4.33. The number of nitrogens with zero attached hydrogens (tertiary/aromatic N) is 2. The van der Waals surface area contributed by atoms with Crippen LogP contribution in [0.4, 0.5) is 4.39 Å². The normalized spacial score (nSPS) is 10.8. The van der Waals surface area contributed by atoms with Gasteiger partial charge >= 0.3 is 0 Å². The number of rotatable bonds is 5. The zero-order chi connectivity index (χ0) is 13.0. The average molecular weight is 268 g/mol. The van der Waals surface area contributed by atoms with Crippen molar-refractivity contribution in [3.05, 3.63) is 52.8 Å². The minimum Gasteiger partial charge on any atom is -0.333 e. The molecule has 0 unspecified atom stereocenters. The van der Waals surface area contributed by atoms with Crippen molar-refractivity contribution in [1.29, 1.82) is 0 Å². The van der Waals surface area contributed by atoms with E-state index in [1.165, 1.54) is 12.1 Å². The number of hydrogen-bond acceptors (Lipinski definition) is 2. The molecule has 0 radical (unpaired) electrons. The van der Waals surface area contributed by atoms with Gasteiger partial charge in [0.05, 0.1) is 12.0 Å². The molecule has 0 saturated heterocycles. The van der Waals surface area contributed by atoms with E-state index in [1.807, 2.05) is 10.8 Å². The number of nitrogens with one attached hydrogen (secondary N) is 1. The van der Waals surface area contributed by atoms with Gasteiger partial charge in [-0.1, -0.05) is 24.6 Å². The van der Waals surface area contributed by atoms with E-state index in [9.17, 15) is 4.39 Å². The van der Waals surface area contributed by atoms with Crippen LogP contribution in [0.25, 0.3) is 0 Å². The second kappa shape index (κ2) is 5.98. The molecule has 18 heavy (non-hydrogen) atoms. The number of hydrogen-bond donors (Lipinski definition) is 1. The first-order valence-corrected chi connectivity index (χ1v) is 6.22. The maximum Gasteiger partial charge on any atom is 0.124 e. The Morgan fingerprint density at radius 1 is 1.44 bits per heavy atom. The van der Waals surface area contributed by atoms with Gasteiger partial charge in [0.15, 0.2) is 0 Å². The van der Waals surface area contributed by atoms with Gasteiger partial charge in [-0.2, -0.15) is 0 Å². The lowest BCUT2D eigenvalue weighted by molar-refractivity contribution is 0.626. The van der Waals surface area contributed by atoms with E-state index < -0.39 is 0 Å². The zero-order valence-corrected chi connectivity index (χ0v) is 10.9. The van der Waals surface area contributed by atoms with E-state index in [0.29, 0.717) is 11.6 Å². The third-order valence-corrected chi connectivity index (χ3v) is 2.96. The van der Waals surface area contributed by atoms with Crippen LogP contribution in [-0.4, -0.2) is 16.1 Å². The van der Waals surface area contributed by atoms with Gasteiger partial charge in [-0.3, -0.25) is 0 Å². The number of imidazole rings is 1. The highest BCUT2D eigenvalue weighted by Crippen LogP contribution is 2.18. The molecule has 1 N–H and O–H groups in total. The molecular weight excluding hydrogens is 253 g/mol. The number of benzene rings is 1. The second-order valence-corrected chi connectivity index (χ2v) is 4.46. The molecule has 0 aliphatic rings. The molecule has 0 aliphatic carbocycles. The summed E-state index contributed by atoms with van der Waals surface area (Å²) < 4.78 is 14.9. The smallest absolute Gasteiger partial charge is 0.124 e. The van der Waals surface area contributed by atoms with Crippen LogP contribution in [-0.2, 0) is 13.1 Å². The molecule has 3 nitrogen and oxygen atoms in total. The highest BCUT2D eigenvalue weighted by molar-refractivity contribution is 6.31. The molecule has 0 saturated carbocycles. The maximum absolute atomic E-state index is 12.9. The molecule has 0 amide bonds. The van der Waals surface area contributed by atoms with Gasteiger partial charge < -0.3 is 9.88 Å². The fourth-order valence-corrected chi connectivity index (χ4v) is 1.91. The summed E-state index contributed by atoms with van der Waals surface area (Å²) in [6.07, 6.45) is 3.72. The molecule has 1 heterocycles. The van der Waals surface area contributed by atoms with Gasteiger partial charge in [-0.25, -0.2) is 9.37 Å². The third-order valence-electron chi connectivity index (χ3n) is 2.61. The van der Waals surface area contributed by atoms with Crippen molar-refractivity contribution in [3.8, 4) is 0 Å². The Morgan fingerprint density at radius 2 is 2.28 bits per heavy atom. The Morgan fingerprint density at radius 3 is 3.00 bits per heavy atom. The van der Waals surface area contributed by atoms with Crippen LogP contribution >= 0.6 is 11.6 Å². The lowest BCUT2D eigenvalue weighted by Gasteiger charge is -2.05. The summed E-state index contributed by atoms with van der Waals surface area (Å²) >= 11 is 5.98. The predicted molar refractivity (Wildman–Crippen MR) is 70.1 cm³/mol. The van der Waals surface area contributed by atoms with Crippen molar-refractivity contribution in [1.82, 2.24) is 14.9 Å². The first kappa shape index (κ1) is 13.1. The van der Waals surface area contributed by atoms with Crippen molar-refractivity contribution in [2.45, 2.75) is 20.0 Å². The summed E-state index contributed by atoms with van der Waals surface area (Å²) in [6.45, 7) is 4.31. The molecule has 5 heteroatoms. The lowest BCUT2D eigenvalue weighted by Crippen LogP contribution is -2.11. The summed E-state index contributed by atoms with van der Waals surface area (Å²) in [6, 6.07) is 4.44. The van der Waals surface area contributed by atoms with Crippen LogP contribution in [0.1, 0.15) is 18.2 Å². The Bertz CT molecular complexity index is 525. The van der Waals surface area contributed by atoms with Crippen LogP contribution in [0.15, 0.2) is 30.7 Å². The highest BCUT2D eigenvalue weighted by Gasteiger charge is 2.04. The summed E-state index contributed by atoms with van der Waals surface area (Å²) in [5.41, 5.74) is 1.86. The van der Waals surface area contributed by atoms with Crippen LogP contribution in [0.2, 0.25) is 5.02 Å². The summed E-state index contributed by atoms with van der Waals surface area (Å²) in [5, 5.41) is 3.65. The van der Waals surface area contributed by atoms with Gasteiger partial charge in [0.2, 0.25) is 0 Å². The standard InChI is InChI=1S/C13H15ClFN3/c1-2-16-6-12-8-18(9-17-12)7-10-3-4-11(15)5-13(10)14/h3-5,8-9,16H,2,6-7H2,1H3. The van der Waals surface area contributed by atoms with Gasteiger partial charge in [-0.15, -0.1) is 0 Å². The van der Waals surface area contributed by atoms with E-state index in [-0.39, 0.29) is 5.82 Å². The Hall–Kier alpha value is -1.39. The first-order valence-electron chi connectivity index (χ1n) is 5.84. The molecule has 0 aliphatic heterocycles. The quantitative estimate of drug-likeness (QED) is 0.903. The van der Waals surface area contributed by atoms with Gasteiger partial charge in [0.1, 0.15) is 5.82 Å². The molecule has 1 aromatic heterocycles. The summed E-state index contributed by atoms with van der Waals surface area (Å²) in [7, 11) is 0. The van der Waals surface area contributed by atoms with E-state index in [0.717, 1.165) is 24.3 Å². The van der Waals surface area contributed by atoms with Crippen LogP contribution in [0.5, 0.6) is 0 Å². The van der Waals surface area contributed by atoms with Crippen molar-refractivity contribution in [2.75, 3.05) is 6.54 Å². The van der Waals surface area contributed by atoms with Crippen molar-refractivity contribution in [3.63, 3.8) is 0 Å². The largest absolute Gasteiger partial charge is 0.333 e. The summed E-state index contributed by atoms with van der Waals surface area (Å²) in [5.74, 6) is -0.317. The van der Waals surface area contributed by atoms with E-state index in [1.54, 1.807) is 12.4 Å². The van der Waals surface area contributed by atoms with Crippen molar-refractivity contribution in [2.24, 2.45) is 0 Å². The Balaban J connectivity index is 2.06. The predicted octanol–water partition coefficient (Wildman–Crippen LogP) is 2.83. The van der Waals surface area contributed by atoms with Crippen LogP contribution in [0, 0.1) is 5.82 Å². The second-order valence-electron chi connectivity index (χ2n) is 4.05. The molecule has 0 spiro atoms. The van der Waals surface area contributed by atoms with Crippen molar-refractivity contribution < 1.29 is 4.39 Å². The minimum absolute atomic E-state index is 0.317. The average Bonchev–Trinajstić information content (AvgIpc) is 2.78. The molecular formula is C13H15ClFN3. The van der Waals surface area contributed by atoms with Crippen LogP contribution < -0.4 is 5.32 Å². The summed E-state index contributed by atoms with van der Waals surface area (Å²) in [4.78, 5) is 4.28. The first-order chi connectivity index (χ1) is 8.69. The van der Waals surface area contributed by atoms with E-state index in [4.69, 9.17) is 11.6 Å². The number of halogens is 2. The van der Waals surface area contributed by atoms with Gasteiger partial charge in [0, 0.05) is 24.3 Å². The fraction of sp³-hybridized carbons (Fsp3) is 0.308. The fourth-order valence-electron chi connectivity index (χ4n) is 1.68. The van der Waals surface area contributed by atoms with E-state index in [2.05, 4.69) is 17.2 Å². The third kappa shape index (κ3) is 3.31. The molecule has 96 valence electrons. The van der Waals surface area contributed by atoms with Crippen molar-refractivity contribution >= 4 is 11.6 Å².